The number of rotatable bonds is 3. The molecule has 0 amide bonds. The Morgan fingerprint density at radius 3 is 2.81 bits per heavy atom. The van der Waals surface area contributed by atoms with Crippen LogP contribution in [0, 0.1) is 5.92 Å². The van der Waals surface area contributed by atoms with E-state index in [0.29, 0.717) is 31.3 Å². The fourth-order valence-corrected chi connectivity index (χ4v) is 4.93. The van der Waals surface area contributed by atoms with Crippen molar-refractivity contribution in [2.24, 2.45) is 5.92 Å². The van der Waals surface area contributed by atoms with Crippen LogP contribution in [0.3, 0.4) is 0 Å². The summed E-state index contributed by atoms with van der Waals surface area (Å²) in [6.45, 7) is 2.13. The van der Waals surface area contributed by atoms with E-state index in [9.17, 15) is 13.2 Å². The van der Waals surface area contributed by atoms with Crippen LogP contribution in [0.1, 0.15) is 29.8 Å². The van der Waals surface area contributed by atoms with Gasteiger partial charge in [-0.25, -0.2) is 8.42 Å². The van der Waals surface area contributed by atoms with Crippen LogP contribution in [0.2, 0.25) is 0 Å². The van der Waals surface area contributed by atoms with Crippen LogP contribution >= 0.6 is 0 Å². The highest BCUT2D eigenvalue weighted by Crippen LogP contribution is 2.32. The van der Waals surface area contributed by atoms with Crippen molar-refractivity contribution in [3.63, 3.8) is 0 Å². The average Bonchev–Trinajstić information content (AvgIpc) is 2.97. The number of furan rings is 1. The number of nitrogens with zero attached hydrogens (tertiary/aromatic N) is 2. The number of carbonyl (C=O) groups is 1. The maximum Gasteiger partial charge on any atom is 0.276 e. The van der Waals surface area contributed by atoms with Gasteiger partial charge in [0, 0.05) is 19.1 Å². The quantitative estimate of drug-likeness (QED) is 0.784. The van der Waals surface area contributed by atoms with E-state index in [-0.39, 0.29) is 10.9 Å². The fraction of sp³-hybridized carbons (Fsp3) is 0.643. The lowest BCUT2D eigenvalue weighted by Gasteiger charge is -2.45. The zero-order valence-electron chi connectivity index (χ0n) is 12.1. The summed E-state index contributed by atoms with van der Waals surface area (Å²) in [5.74, 6) is 0.425. The zero-order valence-corrected chi connectivity index (χ0v) is 12.9. The summed E-state index contributed by atoms with van der Waals surface area (Å²) < 4.78 is 31.8. The third kappa shape index (κ3) is 2.65. The first kappa shape index (κ1) is 14.7. The van der Waals surface area contributed by atoms with E-state index in [2.05, 4.69) is 11.9 Å². The predicted octanol–water partition coefficient (Wildman–Crippen LogP) is 1.20. The van der Waals surface area contributed by atoms with Gasteiger partial charge in [-0.15, -0.1) is 0 Å². The van der Waals surface area contributed by atoms with Crippen molar-refractivity contribution in [1.82, 2.24) is 9.21 Å². The standard InChI is InChI=1S/C14H20N2O4S/c1-15-7-2-3-11-9-16(8-6-13(11)15)21(18,19)14-5-4-12(10-17)20-14/h4-5,10-11,13H,2-3,6-9H2,1H3. The molecule has 116 valence electrons. The third-order valence-electron chi connectivity index (χ3n) is 4.62. The van der Waals surface area contributed by atoms with Crippen molar-refractivity contribution >= 4 is 16.3 Å². The second-order valence-electron chi connectivity index (χ2n) is 5.88. The Labute approximate surface area is 124 Å². The molecule has 2 atom stereocenters. The summed E-state index contributed by atoms with van der Waals surface area (Å²) in [5.41, 5.74) is 0. The Morgan fingerprint density at radius 2 is 2.10 bits per heavy atom. The molecule has 2 fully saturated rings. The van der Waals surface area contributed by atoms with Crippen LogP contribution < -0.4 is 0 Å². The molecule has 7 heteroatoms. The SMILES string of the molecule is CN1CCCC2CN(S(=O)(=O)c3ccc(C=O)o3)CCC21. The number of hydrogen-bond acceptors (Lipinski definition) is 5. The summed E-state index contributed by atoms with van der Waals surface area (Å²) in [4.78, 5) is 13.0. The van der Waals surface area contributed by atoms with Gasteiger partial charge in [0.25, 0.3) is 10.0 Å². The molecule has 6 nitrogen and oxygen atoms in total. The van der Waals surface area contributed by atoms with Gasteiger partial charge in [0.1, 0.15) is 0 Å². The summed E-state index contributed by atoms with van der Waals surface area (Å²) in [6.07, 6.45) is 3.54. The number of aldehydes is 1. The molecule has 0 spiro atoms. The van der Waals surface area contributed by atoms with Crippen LogP contribution in [-0.4, -0.2) is 56.6 Å². The monoisotopic (exact) mass is 312 g/mol. The van der Waals surface area contributed by atoms with Crippen molar-refractivity contribution in [3.05, 3.63) is 17.9 Å². The van der Waals surface area contributed by atoms with Crippen LogP contribution in [-0.2, 0) is 10.0 Å². The first-order chi connectivity index (χ1) is 10.0. The minimum absolute atomic E-state index is 0.0425. The molecular weight excluding hydrogens is 292 g/mol. The Bertz CT molecular complexity index is 625. The Hall–Kier alpha value is -1.18. The molecule has 1 aromatic heterocycles. The van der Waals surface area contributed by atoms with E-state index in [1.165, 1.54) is 16.4 Å². The maximum absolute atomic E-state index is 12.6. The summed E-state index contributed by atoms with van der Waals surface area (Å²) in [6, 6.07) is 3.23. The lowest BCUT2D eigenvalue weighted by molar-refractivity contribution is 0.0666. The molecule has 21 heavy (non-hydrogen) atoms. The largest absolute Gasteiger partial charge is 0.440 e. The molecule has 2 aliphatic heterocycles. The van der Waals surface area contributed by atoms with E-state index in [0.717, 1.165) is 25.8 Å². The van der Waals surface area contributed by atoms with E-state index in [1.54, 1.807) is 0 Å². The van der Waals surface area contributed by atoms with Crippen molar-refractivity contribution in [2.75, 3.05) is 26.7 Å². The lowest BCUT2D eigenvalue weighted by atomic mass is 9.85. The number of piperidine rings is 2. The van der Waals surface area contributed by atoms with Gasteiger partial charge in [0.05, 0.1) is 0 Å². The molecular formula is C14H20N2O4S. The average molecular weight is 312 g/mol. The molecule has 0 bridgehead atoms. The van der Waals surface area contributed by atoms with Crippen LogP contribution in [0.4, 0.5) is 0 Å². The minimum atomic E-state index is -3.63. The molecule has 0 saturated carbocycles. The number of fused-ring (bicyclic) bond motifs is 1. The van der Waals surface area contributed by atoms with Gasteiger partial charge >= 0.3 is 0 Å². The Kier molecular flexibility index (Phi) is 3.90. The molecule has 3 heterocycles. The smallest absolute Gasteiger partial charge is 0.276 e. The molecule has 0 N–H and O–H groups in total. The molecule has 1 aromatic rings. The van der Waals surface area contributed by atoms with Gasteiger partial charge in [0.15, 0.2) is 12.0 Å². The molecule has 2 unspecified atom stereocenters. The fourth-order valence-electron chi connectivity index (χ4n) is 3.50. The zero-order chi connectivity index (χ0) is 15.0. The number of carbonyl (C=O) groups excluding carboxylic acids is 1. The summed E-state index contributed by atoms with van der Waals surface area (Å²) in [5, 5.41) is -0.132. The van der Waals surface area contributed by atoms with Crippen molar-refractivity contribution in [2.45, 2.75) is 30.4 Å². The van der Waals surface area contributed by atoms with E-state index >= 15 is 0 Å². The molecule has 2 saturated heterocycles. The topological polar surface area (TPSA) is 70.8 Å². The van der Waals surface area contributed by atoms with Crippen molar-refractivity contribution in [3.8, 4) is 0 Å². The lowest BCUT2D eigenvalue weighted by Crippen LogP contribution is -2.53. The first-order valence-electron chi connectivity index (χ1n) is 7.28. The van der Waals surface area contributed by atoms with E-state index in [4.69, 9.17) is 4.42 Å². The Balaban J connectivity index is 1.79. The molecule has 0 aliphatic carbocycles. The predicted molar refractivity (Wildman–Crippen MR) is 76.6 cm³/mol. The molecule has 2 aliphatic rings. The van der Waals surface area contributed by atoms with Gasteiger partial charge in [0.2, 0.25) is 5.09 Å². The van der Waals surface area contributed by atoms with Crippen molar-refractivity contribution in [1.29, 1.82) is 0 Å². The number of sulfonamides is 1. The maximum atomic E-state index is 12.6. The summed E-state index contributed by atoms with van der Waals surface area (Å²) >= 11 is 0. The second kappa shape index (κ2) is 5.55. The van der Waals surface area contributed by atoms with Crippen molar-refractivity contribution < 1.29 is 17.6 Å². The number of hydrogen-bond donors (Lipinski definition) is 0. The van der Waals surface area contributed by atoms with E-state index in [1.807, 2.05) is 0 Å². The normalized spacial score (nSPS) is 28.2. The van der Waals surface area contributed by atoms with Gasteiger partial charge in [-0.1, -0.05) is 0 Å². The van der Waals surface area contributed by atoms with Gasteiger partial charge in [-0.3, -0.25) is 4.79 Å². The molecule has 0 radical (unpaired) electrons. The number of likely N-dealkylation sites (tertiary alicyclic amines) is 1. The molecule has 3 rings (SSSR count). The minimum Gasteiger partial charge on any atom is -0.440 e. The Morgan fingerprint density at radius 1 is 1.29 bits per heavy atom. The van der Waals surface area contributed by atoms with Gasteiger partial charge in [-0.05, 0) is 50.9 Å². The highest BCUT2D eigenvalue weighted by Gasteiger charge is 2.39. The summed E-state index contributed by atoms with van der Waals surface area (Å²) in [7, 11) is -1.52. The van der Waals surface area contributed by atoms with Gasteiger partial charge in [-0.2, -0.15) is 4.31 Å². The first-order valence-corrected chi connectivity index (χ1v) is 8.72. The second-order valence-corrected chi connectivity index (χ2v) is 7.75. The third-order valence-corrected chi connectivity index (χ3v) is 6.36. The highest BCUT2D eigenvalue weighted by molar-refractivity contribution is 7.89. The van der Waals surface area contributed by atoms with Crippen LogP contribution in [0.5, 0.6) is 0 Å². The van der Waals surface area contributed by atoms with Gasteiger partial charge < -0.3 is 9.32 Å². The molecule has 0 aromatic carbocycles. The van der Waals surface area contributed by atoms with Crippen LogP contribution in [0.15, 0.2) is 21.6 Å². The van der Waals surface area contributed by atoms with Crippen LogP contribution in [0.25, 0.3) is 0 Å². The highest BCUT2D eigenvalue weighted by atomic mass is 32.2. The van der Waals surface area contributed by atoms with E-state index < -0.39 is 10.0 Å².